The maximum Gasteiger partial charge on any atom is 0.303 e. The van der Waals surface area contributed by atoms with E-state index >= 15 is 0 Å². The number of fused-ring (bicyclic) bond motifs is 1. The molecule has 0 bridgehead atoms. The Balaban J connectivity index is 1.69. The van der Waals surface area contributed by atoms with Gasteiger partial charge in [0.2, 0.25) is 0 Å². The lowest BCUT2D eigenvalue weighted by atomic mass is 9.86. The molecule has 1 aromatic heterocycles. The third-order valence-electron chi connectivity index (χ3n) is 8.00. The SMILES string of the molecule is C[C@@H]1N(c2nc(N3C[C@@]4(C)C(CC(=O)O)[C@@]4(C)C3)cc(C(F)F)c2C#N)C[C@@]1(C)O. The highest BCUT2D eigenvalue weighted by atomic mass is 19.3. The van der Waals surface area contributed by atoms with E-state index in [0.29, 0.717) is 18.9 Å². The van der Waals surface area contributed by atoms with Gasteiger partial charge in [0.25, 0.3) is 6.43 Å². The molecule has 0 amide bonds. The molecule has 1 saturated carbocycles. The van der Waals surface area contributed by atoms with E-state index in [1.807, 2.05) is 24.8 Å². The van der Waals surface area contributed by atoms with Crippen LogP contribution >= 0.6 is 0 Å². The van der Waals surface area contributed by atoms with E-state index in [9.17, 15) is 29.1 Å². The van der Waals surface area contributed by atoms with Gasteiger partial charge in [-0.05, 0) is 36.7 Å². The monoisotopic (exact) mass is 420 g/mol. The van der Waals surface area contributed by atoms with Gasteiger partial charge < -0.3 is 20.0 Å². The van der Waals surface area contributed by atoms with Crippen molar-refractivity contribution in [1.82, 2.24) is 4.98 Å². The first-order valence-electron chi connectivity index (χ1n) is 10.0. The van der Waals surface area contributed by atoms with Gasteiger partial charge in [-0.15, -0.1) is 0 Å². The Kier molecular flexibility index (Phi) is 4.34. The van der Waals surface area contributed by atoms with Gasteiger partial charge in [0, 0.05) is 25.1 Å². The van der Waals surface area contributed by atoms with Crippen molar-refractivity contribution >= 4 is 17.6 Å². The molecule has 2 N–H and O–H groups in total. The van der Waals surface area contributed by atoms with Gasteiger partial charge in [-0.1, -0.05) is 13.8 Å². The Morgan fingerprint density at radius 1 is 1.33 bits per heavy atom. The number of aliphatic hydroxyl groups is 1. The second-order valence-electron chi connectivity index (χ2n) is 9.68. The van der Waals surface area contributed by atoms with Crippen molar-refractivity contribution in [2.45, 2.75) is 52.2 Å². The molecule has 3 aliphatic rings. The number of rotatable bonds is 5. The summed E-state index contributed by atoms with van der Waals surface area (Å²) in [5.74, 6) is -0.262. The number of hydrogen-bond acceptors (Lipinski definition) is 6. The molecule has 2 saturated heterocycles. The Hall–Kier alpha value is -2.47. The van der Waals surface area contributed by atoms with Crippen LogP contribution in [0.1, 0.15) is 51.7 Å². The van der Waals surface area contributed by atoms with Crippen molar-refractivity contribution in [3.05, 3.63) is 17.2 Å². The molecule has 1 unspecified atom stereocenters. The summed E-state index contributed by atoms with van der Waals surface area (Å²) in [6.07, 6.45) is -2.74. The average molecular weight is 420 g/mol. The summed E-state index contributed by atoms with van der Waals surface area (Å²) in [5, 5.41) is 29.0. The summed E-state index contributed by atoms with van der Waals surface area (Å²) >= 11 is 0. The van der Waals surface area contributed by atoms with Gasteiger partial charge in [-0.25, -0.2) is 13.8 Å². The van der Waals surface area contributed by atoms with Gasteiger partial charge in [-0.3, -0.25) is 4.79 Å². The van der Waals surface area contributed by atoms with Crippen LogP contribution in [0.4, 0.5) is 20.4 Å². The molecule has 9 heteroatoms. The number of pyridine rings is 1. The van der Waals surface area contributed by atoms with Crippen LogP contribution in [0.15, 0.2) is 6.07 Å². The Bertz CT molecular complexity index is 944. The number of carboxylic acid groups (broad SMARTS) is 1. The van der Waals surface area contributed by atoms with Crippen LogP contribution in [-0.4, -0.2) is 52.4 Å². The van der Waals surface area contributed by atoms with E-state index in [2.05, 4.69) is 4.98 Å². The van der Waals surface area contributed by atoms with Crippen molar-refractivity contribution in [2.24, 2.45) is 16.7 Å². The predicted molar refractivity (Wildman–Crippen MR) is 106 cm³/mol. The highest BCUT2D eigenvalue weighted by Crippen LogP contribution is 2.74. The van der Waals surface area contributed by atoms with Crippen LogP contribution in [-0.2, 0) is 4.79 Å². The summed E-state index contributed by atoms with van der Waals surface area (Å²) in [6.45, 7) is 8.76. The molecule has 3 fully saturated rings. The van der Waals surface area contributed by atoms with Crippen LogP contribution in [0.5, 0.6) is 0 Å². The third kappa shape index (κ3) is 2.69. The number of anilines is 2. The van der Waals surface area contributed by atoms with E-state index in [1.165, 1.54) is 6.07 Å². The highest BCUT2D eigenvalue weighted by Gasteiger charge is 2.75. The van der Waals surface area contributed by atoms with Crippen molar-refractivity contribution in [1.29, 1.82) is 5.26 Å². The first-order chi connectivity index (χ1) is 13.9. The molecular formula is C21H26F2N4O3. The minimum absolute atomic E-state index is 0.0386. The standard InChI is InChI=1S/C21H26F2N4O3/c1-11-21(4,30)10-27(11)18-13(7-24)12(17(22)23)5-15(25-18)26-8-19(2)14(6-16(28)29)20(19,3)9-26/h5,11,14,17,30H,6,8-10H2,1-4H3,(H,28,29)/t11-,14?,19-,20+,21+/m0/s1. The zero-order chi connectivity index (χ0) is 22.2. The molecule has 0 radical (unpaired) electrons. The molecular weight excluding hydrogens is 394 g/mol. The molecule has 1 aliphatic carbocycles. The predicted octanol–water partition coefficient (Wildman–Crippen LogP) is 2.79. The van der Waals surface area contributed by atoms with Crippen LogP contribution in [0, 0.1) is 28.1 Å². The number of nitriles is 1. The van der Waals surface area contributed by atoms with E-state index in [-0.39, 0.29) is 52.7 Å². The van der Waals surface area contributed by atoms with Gasteiger partial charge in [0.05, 0.1) is 18.2 Å². The van der Waals surface area contributed by atoms with Crippen molar-refractivity contribution in [2.75, 3.05) is 29.4 Å². The number of carbonyl (C=O) groups is 1. The molecule has 7 nitrogen and oxygen atoms in total. The number of aliphatic carboxylic acids is 1. The van der Waals surface area contributed by atoms with Gasteiger partial charge in [-0.2, -0.15) is 5.26 Å². The first-order valence-corrected chi connectivity index (χ1v) is 10.0. The zero-order valence-electron chi connectivity index (χ0n) is 17.5. The molecule has 2 aliphatic heterocycles. The summed E-state index contributed by atoms with van der Waals surface area (Å²) in [6, 6.07) is 2.79. The van der Waals surface area contributed by atoms with Gasteiger partial charge in [0.1, 0.15) is 23.3 Å². The minimum Gasteiger partial charge on any atom is -0.481 e. The van der Waals surface area contributed by atoms with Crippen LogP contribution < -0.4 is 9.80 Å². The smallest absolute Gasteiger partial charge is 0.303 e. The molecule has 3 heterocycles. The molecule has 5 atom stereocenters. The van der Waals surface area contributed by atoms with Gasteiger partial charge >= 0.3 is 5.97 Å². The number of alkyl halides is 2. The number of nitrogens with zero attached hydrogens (tertiary/aromatic N) is 4. The second kappa shape index (κ2) is 6.27. The van der Waals surface area contributed by atoms with Crippen molar-refractivity contribution < 1.29 is 23.8 Å². The van der Waals surface area contributed by atoms with E-state index in [0.717, 1.165) is 0 Å². The number of carboxylic acids is 1. The average Bonchev–Trinajstić information content (AvgIpc) is 2.94. The molecule has 1 aromatic rings. The lowest BCUT2D eigenvalue weighted by molar-refractivity contribution is -0.137. The fourth-order valence-corrected chi connectivity index (χ4v) is 5.58. The third-order valence-corrected chi connectivity index (χ3v) is 8.00. The lowest BCUT2D eigenvalue weighted by Crippen LogP contribution is -2.67. The van der Waals surface area contributed by atoms with E-state index < -0.39 is 18.0 Å². The highest BCUT2D eigenvalue weighted by molar-refractivity contribution is 5.69. The molecule has 0 aromatic carbocycles. The van der Waals surface area contributed by atoms with Crippen LogP contribution in [0.3, 0.4) is 0 Å². The fraction of sp³-hybridized carbons (Fsp3) is 0.667. The summed E-state index contributed by atoms with van der Waals surface area (Å²) < 4.78 is 27.6. The zero-order valence-corrected chi connectivity index (χ0v) is 17.5. The Labute approximate surface area is 173 Å². The molecule has 0 spiro atoms. The normalized spacial score (nSPS) is 37.0. The number of halogens is 2. The van der Waals surface area contributed by atoms with E-state index in [1.54, 1.807) is 18.7 Å². The number of hydrogen-bond donors (Lipinski definition) is 2. The summed E-state index contributed by atoms with van der Waals surface area (Å²) in [4.78, 5) is 19.4. The first kappa shape index (κ1) is 20.8. The maximum absolute atomic E-state index is 13.8. The second-order valence-corrected chi connectivity index (χ2v) is 9.68. The lowest BCUT2D eigenvalue weighted by Gasteiger charge is -2.52. The molecule has 4 rings (SSSR count). The van der Waals surface area contributed by atoms with Crippen molar-refractivity contribution in [3.8, 4) is 6.07 Å². The van der Waals surface area contributed by atoms with Crippen molar-refractivity contribution in [3.63, 3.8) is 0 Å². The molecule has 30 heavy (non-hydrogen) atoms. The van der Waals surface area contributed by atoms with Crippen LogP contribution in [0.2, 0.25) is 0 Å². The fourth-order valence-electron chi connectivity index (χ4n) is 5.58. The molecule has 162 valence electrons. The Morgan fingerprint density at radius 3 is 2.37 bits per heavy atom. The topological polar surface area (TPSA) is 101 Å². The number of piperidine rings is 1. The van der Waals surface area contributed by atoms with Gasteiger partial charge in [0.15, 0.2) is 0 Å². The largest absolute Gasteiger partial charge is 0.481 e. The summed E-state index contributed by atoms with van der Waals surface area (Å²) in [5.41, 5.74) is -1.95. The number of aromatic nitrogens is 1. The minimum atomic E-state index is -2.83. The number of β-amino-alcohol motifs (C(OH)–C–C–N with tert-alkyl or cyclic N) is 1. The van der Waals surface area contributed by atoms with E-state index in [4.69, 9.17) is 0 Å². The summed E-state index contributed by atoms with van der Waals surface area (Å²) in [7, 11) is 0. The quantitative estimate of drug-likeness (QED) is 0.755. The Morgan fingerprint density at radius 2 is 1.93 bits per heavy atom. The maximum atomic E-state index is 13.8. The van der Waals surface area contributed by atoms with Crippen LogP contribution in [0.25, 0.3) is 0 Å².